The molecule has 2 aromatic carbocycles. The van der Waals surface area contributed by atoms with E-state index >= 15 is 0 Å². The van der Waals surface area contributed by atoms with Gasteiger partial charge in [0.15, 0.2) is 5.82 Å². The summed E-state index contributed by atoms with van der Waals surface area (Å²) in [6.45, 7) is 1.01. The van der Waals surface area contributed by atoms with Crippen molar-refractivity contribution in [1.29, 1.82) is 0 Å². The van der Waals surface area contributed by atoms with Crippen molar-refractivity contribution in [1.82, 2.24) is 14.8 Å². The predicted molar refractivity (Wildman–Crippen MR) is 102 cm³/mol. The smallest absolute Gasteiger partial charge is 0.164 e. The van der Waals surface area contributed by atoms with Gasteiger partial charge in [-0.05, 0) is 30.0 Å². The standard InChI is InChI=1S/C22H23N3/c1-2-10-16-25-21(15-9-1)23-24-22(25)20(19-13-7-4-8-14-19)17-18-11-5-3-6-12-18/h3-8,11-14,17H,1-2,9-10,15-16H2/b20-17+. The maximum atomic E-state index is 4.60. The number of hydrogen-bond donors (Lipinski definition) is 0. The van der Waals surface area contributed by atoms with E-state index in [2.05, 4.69) is 75.4 Å². The second kappa shape index (κ2) is 7.47. The molecule has 0 saturated carbocycles. The first kappa shape index (κ1) is 15.8. The van der Waals surface area contributed by atoms with Gasteiger partial charge in [-0.3, -0.25) is 0 Å². The van der Waals surface area contributed by atoms with Crippen molar-refractivity contribution in [2.75, 3.05) is 0 Å². The largest absolute Gasteiger partial charge is 0.311 e. The highest BCUT2D eigenvalue weighted by atomic mass is 15.3. The third-order valence-corrected chi connectivity index (χ3v) is 4.80. The van der Waals surface area contributed by atoms with Crippen molar-refractivity contribution in [3.05, 3.63) is 83.4 Å². The van der Waals surface area contributed by atoms with Crippen LogP contribution in [0.3, 0.4) is 0 Å². The van der Waals surface area contributed by atoms with Crippen molar-refractivity contribution in [2.45, 2.75) is 38.6 Å². The summed E-state index contributed by atoms with van der Waals surface area (Å²) in [5.41, 5.74) is 3.51. The van der Waals surface area contributed by atoms with Crippen molar-refractivity contribution in [3.8, 4) is 0 Å². The Bertz CT molecular complexity index is 847. The summed E-state index contributed by atoms with van der Waals surface area (Å²) in [5, 5.41) is 9.12. The molecule has 0 aliphatic carbocycles. The predicted octanol–water partition coefficient (Wildman–Crippen LogP) is 4.98. The zero-order valence-electron chi connectivity index (χ0n) is 14.4. The minimum atomic E-state index is 0.993. The molecular formula is C22H23N3. The minimum Gasteiger partial charge on any atom is -0.311 e. The Morgan fingerprint density at radius 3 is 2.32 bits per heavy atom. The Morgan fingerprint density at radius 1 is 0.800 bits per heavy atom. The molecule has 0 bridgehead atoms. The van der Waals surface area contributed by atoms with E-state index in [1.54, 1.807) is 0 Å². The lowest BCUT2D eigenvalue weighted by Crippen LogP contribution is -2.10. The van der Waals surface area contributed by atoms with Crippen molar-refractivity contribution < 1.29 is 0 Å². The average molecular weight is 329 g/mol. The van der Waals surface area contributed by atoms with Crippen molar-refractivity contribution >= 4 is 11.6 Å². The zero-order chi connectivity index (χ0) is 16.9. The monoisotopic (exact) mass is 329 g/mol. The van der Waals surface area contributed by atoms with Gasteiger partial charge in [-0.15, -0.1) is 10.2 Å². The lowest BCUT2D eigenvalue weighted by atomic mass is 10.0. The molecule has 4 rings (SSSR count). The topological polar surface area (TPSA) is 30.7 Å². The molecule has 25 heavy (non-hydrogen) atoms. The van der Waals surface area contributed by atoms with Crippen LogP contribution in [0.2, 0.25) is 0 Å². The van der Waals surface area contributed by atoms with Gasteiger partial charge in [0.2, 0.25) is 0 Å². The second-order valence-electron chi connectivity index (χ2n) is 6.59. The van der Waals surface area contributed by atoms with Crippen LogP contribution in [0.5, 0.6) is 0 Å². The van der Waals surface area contributed by atoms with Gasteiger partial charge < -0.3 is 4.57 Å². The summed E-state index contributed by atoms with van der Waals surface area (Å²) in [6, 6.07) is 21.0. The summed E-state index contributed by atoms with van der Waals surface area (Å²) < 4.78 is 2.33. The number of hydrogen-bond acceptors (Lipinski definition) is 2. The molecule has 0 atom stereocenters. The van der Waals surface area contributed by atoms with E-state index in [1.807, 2.05) is 6.07 Å². The number of aryl methyl sites for hydroxylation is 1. The fourth-order valence-corrected chi connectivity index (χ4v) is 3.47. The molecule has 3 heteroatoms. The number of fused-ring (bicyclic) bond motifs is 1. The molecule has 0 amide bonds. The van der Waals surface area contributed by atoms with Gasteiger partial charge in [0.25, 0.3) is 0 Å². The number of benzene rings is 2. The molecular weight excluding hydrogens is 306 g/mol. The second-order valence-corrected chi connectivity index (χ2v) is 6.59. The van der Waals surface area contributed by atoms with Crippen LogP contribution >= 0.6 is 0 Å². The maximum Gasteiger partial charge on any atom is 0.164 e. The first-order valence-electron chi connectivity index (χ1n) is 9.16. The van der Waals surface area contributed by atoms with E-state index in [0.717, 1.165) is 30.2 Å². The molecule has 2 heterocycles. The normalized spacial score (nSPS) is 15.3. The Kier molecular flexibility index (Phi) is 4.73. The lowest BCUT2D eigenvalue weighted by Gasteiger charge is -2.15. The fraction of sp³-hybridized carbons (Fsp3) is 0.273. The zero-order valence-corrected chi connectivity index (χ0v) is 14.4. The van der Waals surface area contributed by atoms with Crippen LogP contribution in [0.4, 0.5) is 0 Å². The van der Waals surface area contributed by atoms with Crippen LogP contribution in [0.15, 0.2) is 60.7 Å². The molecule has 0 radical (unpaired) electrons. The van der Waals surface area contributed by atoms with Gasteiger partial charge in [0, 0.05) is 18.5 Å². The fourth-order valence-electron chi connectivity index (χ4n) is 3.47. The molecule has 1 aromatic heterocycles. The van der Waals surface area contributed by atoms with Crippen LogP contribution in [0.25, 0.3) is 11.6 Å². The number of nitrogens with zero attached hydrogens (tertiary/aromatic N) is 3. The number of rotatable bonds is 3. The summed E-state index contributed by atoms with van der Waals surface area (Å²) in [4.78, 5) is 0. The Morgan fingerprint density at radius 2 is 1.52 bits per heavy atom. The maximum absolute atomic E-state index is 4.60. The van der Waals surface area contributed by atoms with Crippen LogP contribution in [-0.4, -0.2) is 14.8 Å². The molecule has 0 saturated heterocycles. The van der Waals surface area contributed by atoms with Gasteiger partial charge in [-0.25, -0.2) is 0 Å². The molecule has 3 aromatic rings. The first-order chi connectivity index (χ1) is 12.4. The summed E-state index contributed by atoms with van der Waals surface area (Å²) >= 11 is 0. The third kappa shape index (κ3) is 3.55. The minimum absolute atomic E-state index is 0.993. The number of aromatic nitrogens is 3. The van der Waals surface area contributed by atoms with Gasteiger partial charge in [0.1, 0.15) is 5.82 Å². The molecule has 0 spiro atoms. The highest BCUT2D eigenvalue weighted by Gasteiger charge is 2.18. The van der Waals surface area contributed by atoms with Gasteiger partial charge in [0.05, 0.1) is 0 Å². The lowest BCUT2D eigenvalue weighted by molar-refractivity contribution is 0.513. The van der Waals surface area contributed by atoms with E-state index in [0.29, 0.717) is 0 Å². The van der Waals surface area contributed by atoms with Gasteiger partial charge in [-0.1, -0.05) is 73.5 Å². The Labute approximate surface area is 149 Å². The van der Waals surface area contributed by atoms with E-state index in [1.165, 1.54) is 36.8 Å². The average Bonchev–Trinajstić information content (AvgIpc) is 3.02. The van der Waals surface area contributed by atoms with E-state index < -0.39 is 0 Å². The van der Waals surface area contributed by atoms with E-state index in [4.69, 9.17) is 0 Å². The van der Waals surface area contributed by atoms with Crippen LogP contribution < -0.4 is 0 Å². The van der Waals surface area contributed by atoms with Crippen molar-refractivity contribution in [2.24, 2.45) is 0 Å². The van der Waals surface area contributed by atoms with Crippen LogP contribution in [-0.2, 0) is 13.0 Å². The van der Waals surface area contributed by atoms with Crippen LogP contribution in [0, 0.1) is 0 Å². The third-order valence-electron chi connectivity index (χ3n) is 4.80. The molecule has 1 aliphatic heterocycles. The molecule has 0 N–H and O–H groups in total. The van der Waals surface area contributed by atoms with Crippen LogP contribution in [0.1, 0.15) is 48.5 Å². The Hall–Kier alpha value is -2.68. The quantitative estimate of drug-likeness (QED) is 0.634. The Balaban J connectivity index is 1.83. The summed E-state index contributed by atoms with van der Waals surface area (Å²) in [5.74, 6) is 2.12. The van der Waals surface area contributed by atoms with Gasteiger partial charge >= 0.3 is 0 Å². The summed E-state index contributed by atoms with van der Waals surface area (Å²) in [6.07, 6.45) is 8.26. The molecule has 0 unspecified atom stereocenters. The first-order valence-corrected chi connectivity index (χ1v) is 9.16. The van der Waals surface area contributed by atoms with Crippen molar-refractivity contribution in [3.63, 3.8) is 0 Å². The highest BCUT2D eigenvalue weighted by molar-refractivity contribution is 5.89. The highest BCUT2D eigenvalue weighted by Crippen LogP contribution is 2.27. The molecule has 1 aliphatic rings. The molecule has 0 fully saturated rings. The van der Waals surface area contributed by atoms with Gasteiger partial charge in [-0.2, -0.15) is 0 Å². The SMILES string of the molecule is C(=C(/c1ccccc1)c1nnc2n1CCCCCC2)/c1ccccc1. The van der Waals surface area contributed by atoms with E-state index in [9.17, 15) is 0 Å². The molecule has 3 nitrogen and oxygen atoms in total. The van der Waals surface area contributed by atoms with E-state index in [-0.39, 0.29) is 0 Å². The molecule has 126 valence electrons. The summed E-state index contributed by atoms with van der Waals surface area (Å²) in [7, 11) is 0.